The third-order valence-corrected chi connectivity index (χ3v) is 3.88. The number of hydrogen-bond acceptors (Lipinski definition) is 9. The highest BCUT2D eigenvalue weighted by Gasteiger charge is 2.29. The third-order valence-electron chi connectivity index (χ3n) is 3.21. The van der Waals surface area contributed by atoms with Gasteiger partial charge in [0.25, 0.3) is 6.41 Å². The van der Waals surface area contributed by atoms with Crippen LogP contribution >= 0.6 is 11.8 Å². The van der Waals surface area contributed by atoms with Crippen molar-refractivity contribution in [2.75, 3.05) is 25.2 Å². The molecule has 0 saturated heterocycles. The Hall–Kier alpha value is -1.91. The molecule has 0 fully saturated rings. The Morgan fingerprint density at radius 3 is 2.76 bits per heavy atom. The first-order chi connectivity index (χ1) is 11.8. The fraction of sp³-hybridized carbons (Fsp3) is 0.600. The molecule has 2 aromatic rings. The maximum atomic E-state index is 12.3. The number of rotatable bonds is 7. The van der Waals surface area contributed by atoms with Crippen molar-refractivity contribution in [3.05, 3.63) is 6.33 Å². The highest BCUT2D eigenvalue weighted by atomic mass is 32.2. The molecule has 2 aromatic heterocycles. The number of hydrogen-bond donors (Lipinski definition) is 2. The first kappa shape index (κ1) is 19.4. The van der Waals surface area contributed by atoms with Crippen LogP contribution in [0.25, 0.3) is 11.2 Å². The summed E-state index contributed by atoms with van der Waals surface area (Å²) in [5.74, 6) is -0.342. The Kier molecular flexibility index (Phi) is 6.20. The molecule has 0 spiro atoms. The number of imidazole rings is 1. The van der Waals surface area contributed by atoms with Crippen molar-refractivity contribution in [2.45, 2.75) is 38.6 Å². The summed E-state index contributed by atoms with van der Waals surface area (Å²) in [7, 11) is 0. The summed E-state index contributed by atoms with van der Waals surface area (Å²) < 4.78 is 12.6. The number of carbonyl (C=O) groups excluding carboxylic acids is 1. The lowest BCUT2D eigenvalue weighted by atomic mass is 9.97. The van der Waals surface area contributed by atoms with Gasteiger partial charge in [0.2, 0.25) is 5.95 Å². The number of nitrogen functional groups attached to an aromatic ring is 1. The molecule has 2 heterocycles. The van der Waals surface area contributed by atoms with E-state index in [2.05, 4.69) is 15.0 Å². The van der Waals surface area contributed by atoms with Crippen molar-refractivity contribution < 1.29 is 19.4 Å². The molecule has 25 heavy (non-hydrogen) atoms. The molecule has 2 rings (SSSR count). The molecule has 10 heteroatoms. The van der Waals surface area contributed by atoms with Gasteiger partial charge in [-0.2, -0.15) is 4.98 Å². The molecule has 138 valence electrons. The highest BCUT2D eigenvalue weighted by molar-refractivity contribution is 7.98. The number of fused-ring (bicyclic) bond motifs is 1. The summed E-state index contributed by atoms with van der Waals surface area (Å²) in [6, 6.07) is 0. The maximum absolute atomic E-state index is 12.3. The Labute approximate surface area is 149 Å². The molecule has 0 saturated carbocycles. The number of anilines is 1. The second kappa shape index (κ2) is 7.98. The van der Waals surface area contributed by atoms with Crippen LogP contribution < -0.4 is 5.73 Å². The van der Waals surface area contributed by atoms with Gasteiger partial charge in [-0.1, -0.05) is 0 Å². The van der Waals surface area contributed by atoms with Crippen molar-refractivity contribution in [3.8, 4) is 0 Å². The summed E-state index contributed by atoms with van der Waals surface area (Å²) in [4.78, 5) is 24.9. The van der Waals surface area contributed by atoms with E-state index in [4.69, 9.17) is 20.3 Å². The summed E-state index contributed by atoms with van der Waals surface area (Å²) in [6.45, 7) is 5.42. The molecule has 0 aliphatic carbocycles. The van der Waals surface area contributed by atoms with Crippen molar-refractivity contribution in [1.29, 1.82) is 0 Å². The number of aliphatic hydroxyl groups excluding tert-OH is 1. The van der Waals surface area contributed by atoms with Crippen LogP contribution in [0.4, 0.5) is 5.95 Å². The average molecular weight is 369 g/mol. The van der Waals surface area contributed by atoms with Gasteiger partial charge in [-0.25, -0.2) is 9.97 Å². The van der Waals surface area contributed by atoms with Crippen LogP contribution in [-0.4, -0.2) is 50.1 Å². The number of nitrogens with two attached hydrogens (primary N) is 1. The minimum absolute atomic E-state index is 0.0314. The zero-order valence-electron chi connectivity index (χ0n) is 14.7. The lowest BCUT2D eigenvalue weighted by Gasteiger charge is -2.24. The minimum atomic E-state index is -1.06. The number of esters is 1. The molecule has 1 atom stereocenters. The molecular weight excluding hydrogens is 346 g/mol. The van der Waals surface area contributed by atoms with Crippen LogP contribution in [-0.2, 0) is 14.3 Å². The zero-order chi connectivity index (χ0) is 18.6. The van der Waals surface area contributed by atoms with Gasteiger partial charge in [0.15, 0.2) is 5.65 Å². The second-order valence-corrected chi connectivity index (χ2v) is 7.12. The molecule has 0 amide bonds. The van der Waals surface area contributed by atoms with E-state index in [-0.39, 0.29) is 19.2 Å². The van der Waals surface area contributed by atoms with Gasteiger partial charge in [-0.15, -0.1) is 11.8 Å². The van der Waals surface area contributed by atoms with Gasteiger partial charge in [-0.3, -0.25) is 9.36 Å². The summed E-state index contributed by atoms with van der Waals surface area (Å²) in [5, 5.41) is 9.57. The van der Waals surface area contributed by atoms with E-state index in [9.17, 15) is 4.79 Å². The number of carbonyl (C=O) groups is 1. The molecule has 3 N–H and O–H groups in total. The number of thioether (sulfide) groups is 1. The monoisotopic (exact) mass is 369 g/mol. The summed E-state index contributed by atoms with van der Waals surface area (Å²) in [5.41, 5.74) is 6.02. The molecule has 0 aromatic carbocycles. The predicted octanol–water partition coefficient (Wildman–Crippen LogP) is 1.57. The highest BCUT2D eigenvalue weighted by Crippen LogP contribution is 2.27. The van der Waals surface area contributed by atoms with Crippen LogP contribution in [0.5, 0.6) is 0 Å². The Bertz CT molecular complexity index is 743. The smallest absolute Gasteiger partial charge is 0.314 e. The fourth-order valence-corrected chi connectivity index (χ4v) is 2.41. The standard InChI is InChI=1S/C15H23N5O4S/c1-15(2,3)12(22)24-14(23-7-5-6-21)20-8-17-9-10(20)18-13(16)19-11(9)25-4/h8,14,21H,5-7H2,1-4H3,(H2,16,18,19). The quantitative estimate of drug-likeness (QED) is 0.246. The lowest BCUT2D eigenvalue weighted by molar-refractivity contribution is -0.209. The summed E-state index contributed by atoms with van der Waals surface area (Å²) >= 11 is 1.39. The van der Waals surface area contributed by atoms with E-state index in [1.807, 2.05) is 6.26 Å². The van der Waals surface area contributed by atoms with Crippen molar-refractivity contribution in [1.82, 2.24) is 19.5 Å². The molecule has 0 bridgehead atoms. The number of aromatic nitrogens is 4. The van der Waals surface area contributed by atoms with Crippen LogP contribution in [0.3, 0.4) is 0 Å². The third kappa shape index (κ3) is 4.59. The topological polar surface area (TPSA) is 125 Å². The van der Waals surface area contributed by atoms with E-state index in [1.54, 1.807) is 20.8 Å². The zero-order valence-corrected chi connectivity index (χ0v) is 15.5. The van der Waals surface area contributed by atoms with Crippen LogP contribution in [0.15, 0.2) is 11.4 Å². The van der Waals surface area contributed by atoms with Gasteiger partial charge in [0, 0.05) is 6.61 Å². The molecule has 0 aliphatic rings. The number of ether oxygens (including phenoxy) is 2. The van der Waals surface area contributed by atoms with Crippen LogP contribution in [0.1, 0.15) is 33.6 Å². The first-order valence-electron chi connectivity index (χ1n) is 7.75. The molecular formula is C15H23N5O4S. The van der Waals surface area contributed by atoms with Gasteiger partial charge >= 0.3 is 5.97 Å². The van der Waals surface area contributed by atoms with Crippen LogP contribution in [0, 0.1) is 5.41 Å². The Balaban J connectivity index is 2.41. The van der Waals surface area contributed by atoms with Gasteiger partial charge < -0.3 is 20.3 Å². The molecule has 9 nitrogen and oxygen atoms in total. The SMILES string of the molecule is CSc1nc(N)nc2c1ncn2C(OCCCO)OC(=O)C(C)(C)C. The van der Waals surface area contributed by atoms with Crippen molar-refractivity contribution in [2.24, 2.45) is 5.41 Å². The van der Waals surface area contributed by atoms with Crippen molar-refractivity contribution in [3.63, 3.8) is 0 Å². The largest absolute Gasteiger partial charge is 0.415 e. The predicted molar refractivity (Wildman–Crippen MR) is 93.8 cm³/mol. The van der Waals surface area contributed by atoms with E-state index in [1.165, 1.54) is 22.7 Å². The molecule has 0 aliphatic heterocycles. The number of aliphatic hydroxyl groups is 1. The van der Waals surface area contributed by atoms with E-state index in [0.29, 0.717) is 22.6 Å². The normalized spacial score (nSPS) is 13.2. The lowest BCUT2D eigenvalue weighted by Crippen LogP contribution is -2.28. The second-order valence-electron chi connectivity index (χ2n) is 6.33. The maximum Gasteiger partial charge on any atom is 0.314 e. The van der Waals surface area contributed by atoms with Crippen LogP contribution in [0.2, 0.25) is 0 Å². The van der Waals surface area contributed by atoms with E-state index in [0.717, 1.165) is 0 Å². The number of nitrogens with zero attached hydrogens (tertiary/aromatic N) is 4. The van der Waals surface area contributed by atoms with Gasteiger partial charge in [0.1, 0.15) is 16.9 Å². The first-order valence-corrected chi connectivity index (χ1v) is 8.98. The van der Waals surface area contributed by atoms with E-state index >= 15 is 0 Å². The average Bonchev–Trinajstić information content (AvgIpc) is 2.95. The van der Waals surface area contributed by atoms with E-state index < -0.39 is 17.8 Å². The molecule has 1 unspecified atom stereocenters. The fourth-order valence-electron chi connectivity index (χ4n) is 1.89. The van der Waals surface area contributed by atoms with Gasteiger partial charge in [0.05, 0.1) is 12.0 Å². The van der Waals surface area contributed by atoms with Crippen molar-refractivity contribution >= 4 is 34.8 Å². The summed E-state index contributed by atoms with van der Waals surface area (Å²) in [6.07, 6.45) is 2.67. The Morgan fingerprint density at radius 1 is 1.44 bits per heavy atom. The molecule has 0 radical (unpaired) electrons. The minimum Gasteiger partial charge on any atom is -0.415 e. The van der Waals surface area contributed by atoms with Gasteiger partial charge in [-0.05, 0) is 33.4 Å². The Morgan fingerprint density at radius 2 is 2.16 bits per heavy atom.